The van der Waals surface area contributed by atoms with Crippen LogP contribution in [0.15, 0.2) is 24.8 Å². The number of anilines is 2. The fraction of sp³-hybridized carbons (Fsp3) is 0.250. The summed E-state index contributed by atoms with van der Waals surface area (Å²) in [5.41, 5.74) is 2.65. The van der Waals surface area contributed by atoms with Gasteiger partial charge in [0.2, 0.25) is 10.0 Å². The third-order valence-electron chi connectivity index (χ3n) is 4.62. The number of aromatic nitrogens is 5. The van der Waals surface area contributed by atoms with Gasteiger partial charge in [0.05, 0.1) is 29.7 Å². The van der Waals surface area contributed by atoms with Crippen molar-refractivity contribution in [3.8, 4) is 0 Å². The largest absolute Gasteiger partial charge is 0.338 e. The molecule has 0 unspecified atom stereocenters. The number of thiophene rings is 1. The Hall–Kier alpha value is -2.63. The molecule has 0 saturated carbocycles. The van der Waals surface area contributed by atoms with Crippen molar-refractivity contribution in [2.75, 3.05) is 18.1 Å². The number of aromatic amines is 1. The lowest BCUT2D eigenvalue weighted by Gasteiger charge is -2.24. The molecule has 0 amide bonds. The number of nitrogens with zero attached hydrogens (tertiary/aromatic N) is 5. The van der Waals surface area contributed by atoms with E-state index in [1.54, 1.807) is 12.4 Å². The summed E-state index contributed by atoms with van der Waals surface area (Å²) in [4.78, 5) is 15.0. The smallest absolute Gasteiger partial charge is 0.211 e. The lowest BCUT2D eigenvalue weighted by atomic mass is 10.1. The summed E-state index contributed by atoms with van der Waals surface area (Å²) in [5.74, 6) is 0.704. The Kier molecular flexibility index (Phi) is 3.64. The molecule has 0 bridgehead atoms. The molecule has 1 aliphatic rings. The molecular formula is C16H15N7O2S2. The SMILES string of the molecule is CS(=O)(=O)N1CCc2c(sc3ncnc(Nc4cnc5[nH]ncc5c4)c23)C1. The minimum absolute atomic E-state index is 0.386. The van der Waals surface area contributed by atoms with Gasteiger partial charge in [-0.2, -0.15) is 9.40 Å². The topological polar surface area (TPSA) is 117 Å². The second-order valence-corrected chi connectivity index (χ2v) is 9.48. The van der Waals surface area contributed by atoms with Gasteiger partial charge in [0.25, 0.3) is 0 Å². The van der Waals surface area contributed by atoms with Gasteiger partial charge in [0.15, 0.2) is 5.65 Å². The number of rotatable bonds is 3. The van der Waals surface area contributed by atoms with Crippen LogP contribution in [0, 0.1) is 0 Å². The second-order valence-electron chi connectivity index (χ2n) is 6.41. The van der Waals surface area contributed by atoms with E-state index in [0.29, 0.717) is 25.3 Å². The van der Waals surface area contributed by atoms with Crippen molar-refractivity contribution in [3.05, 3.63) is 35.2 Å². The van der Waals surface area contributed by atoms with Gasteiger partial charge < -0.3 is 5.32 Å². The van der Waals surface area contributed by atoms with Crippen molar-refractivity contribution in [2.24, 2.45) is 0 Å². The van der Waals surface area contributed by atoms with Gasteiger partial charge in [-0.3, -0.25) is 5.10 Å². The number of pyridine rings is 1. The summed E-state index contributed by atoms with van der Waals surface area (Å²) in [5, 5.41) is 12.0. The van der Waals surface area contributed by atoms with Gasteiger partial charge in [-0.15, -0.1) is 11.3 Å². The molecule has 1 aliphatic heterocycles. The first-order valence-electron chi connectivity index (χ1n) is 8.25. The van der Waals surface area contributed by atoms with E-state index in [1.807, 2.05) is 6.07 Å². The normalized spacial score (nSPS) is 15.3. The molecule has 4 aromatic heterocycles. The Morgan fingerprint density at radius 3 is 3.00 bits per heavy atom. The minimum Gasteiger partial charge on any atom is -0.338 e. The van der Waals surface area contributed by atoms with Crippen LogP contribution in [-0.4, -0.2) is 50.7 Å². The molecule has 9 nitrogen and oxygen atoms in total. The molecule has 2 N–H and O–H groups in total. The molecule has 0 atom stereocenters. The van der Waals surface area contributed by atoms with Crippen LogP contribution < -0.4 is 5.32 Å². The van der Waals surface area contributed by atoms with Crippen LogP contribution in [0.3, 0.4) is 0 Å². The van der Waals surface area contributed by atoms with Crippen molar-refractivity contribution in [3.63, 3.8) is 0 Å². The molecule has 138 valence electrons. The number of sulfonamides is 1. The summed E-state index contributed by atoms with van der Waals surface area (Å²) in [6.45, 7) is 0.853. The monoisotopic (exact) mass is 401 g/mol. The lowest BCUT2D eigenvalue weighted by molar-refractivity contribution is 0.400. The highest BCUT2D eigenvalue weighted by Gasteiger charge is 2.28. The molecule has 5 rings (SSSR count). The van der Waals surface area contributed by atoms with Crippen LogP contribution in [0.4, 0.5) is 11.5 Å². The third-order valence-corrected chi connectivity index (χ3v) is 7.00. The first kappa shape index (κ1) is 16.5. The molecule has 0 spiro atoms. The van der Waals surface area contributed by atoms with E-state index in [2.05, 4.69) is 30.5 Å². The Labute approximate surface area is 158 Å². The Balaban J connectivity index is 1.56. The molecule has 5 heterocycles. The number of nitrogens with one attached hydrogen (secondary N) is 2. The maximum absolute atomic E-state index is 11.9. The predicted molar refractivity (Wildman–Crippen MR) is 104 cm³/mol. The number of fused-ring (bicyclic) bond motifs is 4. The molecule has 0 radical (unpaired) electrons. The first-order valence-corrected chi connectivity index (χ1v) is 10.9. The standard InChI is InChI=1S/C16H15N7O2S2/c1-27(24,25)23-3-2-11-12(7-23)26-16-13(11)15(18-8-19-16)21-10-4-9-5-20-22-14(9)17-6-10/h4-6,8H,2-3,7H2,1H3,(H,17,20,22)(H,18,19,21). The van der Waals surface area contributed by atoms with Crippen LogP contribution >= 0.6 is 11.3 Å². The molecule has 11 heteroatoms. The maximum atomic E-state index is 11.9. The van der Waals surface area contributed by atoms with Gasteiger partial charge >= 0.3 is 0 Å². The number of H-pyrrole nitrogens is 1. The van der Waals surface area contributed by atoms with Gasteiger partial charge in [-0.1, -0.05) is 0 Å². The average molecular weight is 401 g/mol. The maximum Gasteiger partial charge on any atom is 0.211 e. The van der Waals surface area contributed by atoms with Crippen molar-refractivity contribution < 1.29 is 8.42 Å². The summed E-state index contributed by atoms with van der Waals surface area (Å²) in [6.07, 6.45) is 6.85. The van der Waals surface area contributed by atoms with Crippen LogP contribution in [0.2, 0.25) is 0 Å². The van der Waals surface area contributed by atoms with E-state index in [1.165, 1.54) is 28.2 Å². The van der Waals surface area contributed by atoms with Crippen LogP contribution in [0.25, 0.3) is 21.3 Å². The zero-order valence-electron chi connectivity index (χ0n) is 14.3. The zero-order valence-corrected chi connectivity index (χ0v) is 15.9. The van der Waals surface area contributed by atoms with E-state index >= 15 is 0 Å². The van der Waals surface area contributed by atoms with Crippen molar-refractivity contribution in [2.45, 2.75) is 13.0 Å². The number of hydrogen-bond donors (Lipinski definition) is 2. The molecule has 0 aliphatic carbocycles. The highest BCUT2D eigenvalue weighted by Crippen LogP contribution is 2.38. The fourth-order valence-corrected chi connectivity index (χ4v) is 5.40. The second kappa shape index (κ2) is 5.94. The molecule has 27 heavy (non-hydrogen) atoms. The van der Waals surface area contributed by atoms with Gasteiger partial charge in [-0.25, -0.2) is 23.4 Å². The Morgan fingerprint density at radius 1 is 1.26 bits per heavy atom. The summed E-state index contributed by atoms with van der Waals surface area (Å²) < 4.78 is 25.3. The van der Waals surface area contributed by atoms with E-state index in [0.717, 1.165) is 37.4 Å². The lowest BCUT2D eigenvalue weighted by Crippen LogP contribution is -2.34. The number of hydrogen-bond acceptors (Lipinski definition) is 8. The molecule has 0 fully saturated rings. The summed E-state index contributed by atoms with van der Waals surface area (Å²) in [6, 6.07) is 1.95. The van der Waals surface area contributed by atoms with Crippen LogP contribution in [0.1, 0.15) is 10.4 Å². The molecule has 0 aromatic carbocycles. The Morgan fingerprint density at radius 2 is 2.15 bits per heavy atom. The van der Waals surface area contributed by atoms with Crippen LogP contribution in [0.5, 0.6) is 0 Å². The third kappa shape index (κ3) is 2.83. The van der Waals surface area contributed by atoms with Crippen molar-refractivity contribution in [1.82, 2.24) is 29.5 Å². The summed E-state index contributed by atoms with van der Waals surface area (Å²) in [7, 11) is -3.21. The summed E-state index contributed by atoms with van der Waals surface area (Å²) >= 11 is 1.52. The van der Waals surface area contributed by atoms with E-state index < -0.39 is 10.0 Å². The predicted octanol–water partition coefficient (Wildman–Crippen LogP) is 2.02. The molecule has 0 saturated heterocycles. The van der Waals surface area contributed by atoms with E-state index in [4.69, 9.17) is 0 Å². The van der Waals surface area contributed by atoms with Gasteiger partial charge in [0, 0.05) is 23.4 Å². The average Bonchev–Trinajstić information content (AvgIpc) is 3.24. The highest BCUT2D eigenvalue weighted by atomic mass is 32.2. The highest BCUT2D eigenvalue weighted by molar-refractivity contribution is 7.88. The van der Waals surface area contributed by atoms with Gasteiger partial charge in [-0.05, 0) is 18.1 Å². The first-order chi connectivity index (χ1) is 13.0. The molecular weight excluding hydrogens is 386 g/mol. The Bertz CT molecular complexity index is 1280. The molecule has 4 aromatic rings. The van der Waals surface area contributed by atoms with Crippen molar-refractivity contribution in [1.29, 1.82) is 0 Å². The van der Waals surface area contributed by atoms with Gasteiger partial charge in [0.1, 0.15) is 17.0 Å². The fourth-order valence-electron chi connectivity index (χ4n) is 3.32. The van der Waals surface area contributed by atoms with E-state index in [9.17, 15) is 8.42 Å². The quantitative estimate of drug-likeness (QED) is 0.539. The minimum atomic E-state index is -3.21. The zero-order chi connectivity index (χ0) is 18.6. The van der Waals surface area contributed by atoms with Crippen molar-refractivity contribution >= 4 is 54.1 Å². The van der Waals surface area contributed by atoms with E-state index in [-0.39, 0.29) is 0 Å². The van der Waals surface area contributed by atoms with Crippen LogP contribution in [-0.2, 0) is 23.0 Å².